The molecule has 0 amide bonds. The lowest BCUT2D eigenvalue weighted by Gasteiger charge is -2.09. The number of aromatic nitrogens is 2. The van der Waals surface area contributed by atoms with E-state index in [1.165, 1.54) is 0 Å². The van der Waals surface area contributed by atoms with Crippen LogP contribution in [0.2, 0.25) is 5.15 Å². The Morgan fingerprint density at radius 3 is 2.33 bits per heavy atom. The van der Waals surface area contributed by atoms with Gasteiger partial charge in [-0.05, 0) is 31.2 Å². The van der Waals surface area contributed by atoms with Crippen LogP contribution in [0.3, 0.4) is 0 Å². The lowest BCUT2D eigenvalue weighted by molar-refractivity contribution is 0.412. The summed E-state index contributed by atoms with van der Waals surface area (Å²) < 4.78 is 10.6. The number of ether oxygens (including phenoxy) is 2. The van der Waals surface area contributed by atoms with Crippen LogP contribution >= 0.6 is 11.6 Å². The molecule has 0 atom stereocenters. The zero-order valence-electron chi connectivity index (χ0n) is 9.98. The first kappa shape index (κ1) is 12.4. The quantitative estimate of drug-likeness (QED) is 0.864. The molecule has 0 unspecified atom stereocenters. The molecule has 0 saturated heterocycles. The Balaban J connectivity index is 2.27. The zero-order valence-corrected chi connectivity index (χ0v) is 10.7. The Morgan fingerprint density at radius 1 is 1.11 bits per heavy atom. The van der Waals surface area contributed by atoms with E-state index in [4.69, 9.17) is 26.8 Å². The number of hydrogen-bond donors (Lipinski definition) is 1. The Kier molecular flexibility index (Phi) is 3.53. The highest BCUT2D eigenvalue weighted by Crippen LogP contribution is 2.30. The third-order valence-electron chi connectivity index (χ3n) is 2.25. The number of hydrogen-bond acceptors (Lipinski definition) is 5. The van der Waals surface area contributed by atoms with Gasteiger partial charge in [-0.1, -0.05) is 11.6 Å². The molecule has 0 aliphatic rings. The first-order valence-electron chi connectivity index (χ1n) is 5.21. The maximum absolute atomic E-state index is 5.86. The molecule has 6 heteroatoms. The summed E-state index contributed by atoms with van der Waals surface area (Å²) in [6.07, 6.45) is 0. The lowest BCUT2D eigenvalue weighted by Crippen LogP contribution is -2.00. The van der Waals surface area contributed by atoms with Crippen LogP contribution in [0.5, 0.6) is 17.4 Å². The van der Waals surface area contributed by atoms with Crippen molar-refractivity contribution in [3.05, 3.63) is 35.2 Å². The lowest BCUT2D eigenvalue weighted by atomic mass is 10.3. The van der Waals surface area contributed by atoms with E-state index in [1.807, 2.05) is 0 Å². The predicted molar refractivity (Wildman–Crippen MR) is 69.3 cm³/mol. The maximum Gasteiger partial charge on any atom is 0.247 e. The summed E-state index contributed by atoms with van der Waals surface area (Å²) in [7, 11) is 1.60. The second-order valence-electron chi connectivity index (χ2n) is 3.56. The molecule has 1 aromatic carbocycles. The van der Waals surface area contributed by atoms with Gasteiger partial charge in [0.2, 0.25) is 5.88 Å². The van der Waals surface area contributed by atoms with Gasteiger partial charge in [-0.2, -0.15) is 4.98 Å². The number of halogens is 1. The molecule has 2 aromatic rings. The van der Waals surface area contributed by atoms with Crippen LogP contribution in [0.25, 0.3) is 0 Å². The SMILES string of the molecule is COc1ccc(Oc2nc(C)nc(Cl)c2N)cc1. The van der Waals surface area contributed by atoms with Crippen molar-refractivity contribution in [2.75, 3.05) is 12.8 Å². The molecule has 0 aliphatic heterocycles. The number of nitrogens with two attached hydrogens (primary N) is 1. The molecule has 0 fully saturated rings. The topological polar surface area (TPSA) is 70.3 Å². The minimum absolute atomic E-state index is 0.186. The van der Waals surface area contributed by atoms with Gasteiger partial charge in [-0.25, -0.2) is 4.98 Å². The van der Waals surface area contributed by atoms with Crippen LogP contribution in [0.4, 0.5) is 5.69 Å². The minimum Gasteiger partial charge on any atom is -0.497 e. The van der Waals surface area contributed by atoms with Crippen molar-refractivity contribution in [3.63, 3.8) is 0 Å². The highest BCUT2D eigenvalue weighted by molar-refractivity contribution is 6.32. The second kappa shape index (κ2) is 5.10. The van der Waals surface area contributed by atoms with Crippen LogP contribution in [0, 0.1) is 6.92 Å². The van der Waals surface area contributed by atoms with Crippen molar-refractivity contribution >= 4 is 17.3 Å². The molecule has 2 N–H and O–H groups in total. The summed E-state index contributed by atoms with van der Waals surface area (Å²) in [6.45, 7) is 1.71. The molecule has 1 aromatic heterocycles. The molecule has 0 radical (unpaired) electrons. The molecule has 94 valence electrons. The van der Waals surface area contributed by atoms with E-state index in [0.717, 1.165) is 5.75 Å². The predicted octanol–water partition coefficient (Wildman–Crippen LogP) is 2.82. The van der Waals surface area contributed by atoms with Gasteiger partial charge in [0.25, 0.3) is 0 Å². The Labute approximate surface area is 110 Å². The Bertz CT molecular complexity index is 558. The van der Waals surface area contributed by atoms with Gasteiger partial charge in [0.15, 0.2) is 5.15 Å². The van der Waals surface area contributed by atoms with Gasteiger partial charge in [0.05, 0.1) is 7.11 Å². The molecule has 0 bridgehead atoms. The Morgan fingerprint density at radius 2 is 1.72 bits per heavy atom. The van der Waals surface area contributed by atoms with E-state index in [0.29, 0.717) is 11.6 Å². The van der Waals surface area contributed by atoms with Crippen molar-refractivity contribution in [3.8, 4) is 17.4 Å². The van der Waals surface area contributed by atoms with Crippen molar-refractivity contribution < 1.29 is 9.47 Å². The Hall–Kier alpha value is -2.01. The summed E-state index contributed by atoms with van der Waals surface area (Å²) in [5.74, 6) is 2.08. The summed E-state index contributed by atoms with van der Waals surface area (Å²) in [5.41, 5.74) is 5.97. The molecule has 5 nitrogen and oxygen atoms in total. The van der Waals surface area contributed by atoms with Crippen molar-refractivity contribution in [2.45, 2.75) is 6.92 Å². The van der Waals surface area contributed by atoms with Crippen LogP contribution < -0.4 is 15.2 Å². The highest BCUT2D eigenvalue weighted by Gasteiger charge is 2.10. The van der Waals surface area contributed by atoms with Gasteiger partial charge in [-0.15, -0.1) is 0 Å². The average Bonchev–Trinajstić information content (AvgIpc) is 2.36. The molecule has 2 rings (SSSR count). The van der Waals surface area contributed by atoms with E-state index in [1.54, 1.807) is 38.3 Å². The first-order valence-corrected chi connectivity index (χ1v) is 5.59. The summed E-state index contributed by atoms with van der Waals surface area (Å²) >= 11 is 5.86. The largest absolute Gasteiger partial charge is 0.497 e. The van der Waals surface area contributed by atoms with Gasteiger partial charge >= 0.3 is 0 Å². The van der Waals surface area contributed by atoms with Gasteiger partial charge in [-0.3, -0.25) is 0 Å². The van der Waals surface area contributed by atoms with Crippen molar-refractivity contribution in [1.82, 2.24) is 9.97 Å². The minimum atomic E-state index is 0.186. The maximum atomic E-state index is 5.86. The average molecular weight is 266 g/mol. The third-order valence-corrected chi connectivity index (χ3v) is 2.54. The second-order valence-corrected chi connectivity index (χ2v) is 3.92. The zero-order chi connectivity index (χ0) is 13.1. The molecule has 0 spiro atoms. The first-order chi connectivity index (χ1) is 8.60. The van der Waals surface area contributed by atoms with E-state index in [9.17, 15) is 0 Å². The summed E-state index contributed by atoms with van der Waals surface area (Å²) in [4.78, 5) is 8.03. The molecule has 0 saturated carbocycles. The molecule has 0 aliphatic carbocycles. The number of aryl methyl sites for hydroxylation is 1. The number of benzene rings is 1. The highest BCUT2D eigenvalue weighted by atomic mass is 35.5. The molecular formula is C12H12ClN3O2. The van der Waals surface area contributed by atoms with Crippen LogP contribution in [0.15, 0.2) is 24.3 Å². The van der Waals surface area contributed by atoms with Gasteiger partial charge in [0.1, 0.15) is 23.0 Å². The number of rotatable bonds is 3. The summed E-state index contributed by atoms with van der Waals surface area (Å²) in [6, 6.07) is 7.07. The fourth-order valence-electron chi connectivity index (χ4n) is 1.36. The molecule has 18 heavy (non-hydrogen) atoms. The van der Waals surface area contributed by atoms with E-state index < -0.39 is 0 Å². The number of anilines is 1. The van der Waals surface area contributed by atoms with Crippen molar-refractivity contribution in [1.29, 1.82) is 0 Å². The molecular weight excluding hydrogens is 254 g/mol. The van der Waals surface area contributed by atoms with Gasteiger partial charge < -0.3 is 15.2 Å². The van der Waals surface area contributed by atoms with Gasteiger partial charge in [0, 0.05) is 0 Å². The smallest absolute Gasteiger partial charge is 0.247 e. The fourth-order valence-corrected chi connectivity index (χ4v) is 1.56. The standard InChI is InChI=1S/C12H12ClN3O2/c1-7-15-11(13)10(14)12(16-7)18-9-5-3-8(17-2)4-6-9/h3-6H,14H2,1-2H3. The van der Waals surface area contributed by atoms with Crippen LogP contribution in [0.1, 0.15) is 5.82 Å². The number of nitrogen functional groups attached to an aromatic ring is 1. The number of nitrogens with zero attached hydrogens (tertiary/aromatic N) is 2. The normalized spacial score (nSPS) is 10.2. The van der Waals surface area contributed by atoms with Crippen LogP contribution in [-0.4, -0.2) is 17.1 Å². The molecule has 1 heterocycles. The monoisotopic (exact) mass is 265 g/mol. The van der Waals surface area contributed by atoms with E-state index in [2.05, 4.69) is 9.97 Å². The fraction of sp³-hybridized carbons (Fsp3) is 0.167. The van der Waals surface area contributed by atoms with Crippen LogP contribution in [-0.2, 0) is 0 Å². The third kappa shape index (κ3) is 2.62. The van der Waals surface area contributed by atoms with Crippen molar-refractivity contribution in [2.24, 2.45) is 0 Å². The van der Waals surface area contributed by atoms with E-state index in [-0.39, 0.29) is 16.7 Å². The van der Waals surface area contributed by atoms with E-state index >= 15 is 0 Å². The summed E-state index contributed by atoms with van der Waals surface area (Å²) in [5, 5.41) is 0.186. The number of methoxy groups -OCH3 is 1.